The molecule has 1 heterocycles. The van der Waals surface area contributed by atoms with E-state index in [1.54, 1.807) is 0 Å². The van der Waals surface area contributed by atoms with Crippen molar-refractivity contribution in [3.05, 3.63) is 24.3 Å². The second-order valence-corrected chi connectivity index (χ2v) is 6.81. The average molecular weight is 352 g/mol. The van der Waals surface area contributed by atoms with Gasteiger partial charge in [0.2, 0.25) is 5.91 Å². The van der Waals surface area contributed by atoms with E-state index in [1.807, 2.05) is 13.8 Å². The van der Waals surface area contributed by atoms with Crippen molar-refractivity contribution in [3.8, 4) is 0 Å². The molecule has 5 N–H and O–H groups in total. The molecule has 2 amide bonds. The second kappa shape index (κ2) is 8.88. The molecule has 0 fully saturated rings. The minimum absolute atomic E-state index is 0.00882. The highest BCUT2D eigenvalue weighted by molar-refractivity contribution is 6.43. The number of nitrogens with one attached hydrogen (secondary N) is 2. The van der Waals surface area contributed by atoms with Gasteiger partial charge < -0.3 is 25.8 Å². The Morgan fingerprint density at radius 3 is 2.32 bits per heavy atom. The molecule has 1 aromatic rings. The number of amides is 2. The molecule has 0 radical (unpaired) electrons. The van der Waals surface area contributed by atoms with Crippen LogP contribution >= 0.6 is 0 Å². The quantitative estimate of drug-likeness (QED) is 0.373. The molecule has 0 saturated heterocycles. The van der Waals surface area contributed by atoms with Crippen LogP contribution in [0.25, 0.3) is 0 Å². The summed E-state index contributed by atoms with van der Waals surface area (Å²) in [7, 11) is -1.76. The van der Waals surface area contributed by atoms with Crippen molar-refractivity contribution >= 4 is 18.9 Å². The summed E-state index contributed by atoms with van der Waals surface area (Å²) in [6.45, 7) is 6.46. The van der Waals surface area contributed by atoms with Gasteiger partial charge in [0.1, 0.15) is 11.7 Å². The highest BCUT2D eigenvalue weighted by Gasteiger charge is 2.37. The van der Waals surface area contributed by atoms with Crippen LogP contribution in [-0.2, 0) is 4.79 Å². The number of nitrogens with zero attached hydrogens (tertiary/aromatic N) is 2. The Labute approximate surface area is 147 Å². The van der Waals surface area contributed by atoms with Gasteiger partial charge in [0.05, 0.1) is 17.7 Å². The first kappa shape index (κ1) is 21.0. The maximum atomic E-state index is 12.5. The lowest BCUT2D eigenvalue weighted by Crippen LogP contribution is -2.61. The first-order chi connectivity index (χ1) is 11.5. The zero-order chi connectivity index (χ0) is 19.2. The van der Waals surface area contributed by atoms with Crippen LogP contribution in [0.2, 0.25) is 0 Å². The predicted octanol–water partition coefficient (Wildman–Crippen LogP) is -1.11. The van der Waals surface area contributed by atoms with Gasteiger partial charge in [0.15, 0.2) is 0 Å². The van der Waals surface area contributed by atoms with Gasteiger partial charge in [-0.15, -0.1) is 0 Å². The van der Waals surface area contributed by atoms with E-state index in [0.29, 0.717) is 6.42 Å². The molecule has 1 rings (SSSR count). The standard InChI is InChI=1S/C15H25BN4O5/c1-9(2)7-11(16(24)25)19-14(22)12(15(3,4)23)20-13(21)10-8-17-5-6-18-10/h5-6,8-9,11-12,23-25H,7H2,1-4H3,(H,19,22)(H,20,21)/t11-,12+/m0/s1. The third-order valence-corrected chi connectivity index (χ3v) is 3.45. The lowest BCUT2D eigenvalue weighted by atomic mass is 9.74. The molecule has 1 aromatic heterocycles. The Kier molecular flexibility index (Phi) is 7.47. The van der Waals surface area contributed by atoms with Crippen molar-refractivity contribution in [2.45, 2.75) is 51.7 Å². The Hall–Kier alpha value is -2.04. The second-order valence-electron chi connectivity index (χ2n) is 6.81. The summed E-state index contributed by atoms with van der Waals surface area (Å²) < 4.78 is 0. The first-order valence-electron chi connectivity index (χ1n) is 7.98. The Bertz CT molecular complexity index is 577. The summed E-state index contributed by atoms with van der Waals surface area (Å²) >= 11 is 0. The molecule has 138 valence electrons. The highest BCUT2D eigenvalue weighted by atomic mass is 16.4. The van der Waals surface area contributed by atoms with Crippen LogP contribution in [0, 0.1) is 5.92 Å². The van der Waals surface area contributed by atoms with Gasteiger partial charge in [0, 0.05) is 12.4 Å². The van der Waals surface area contributed by atoms with Gasteiger partial charge in [-0.3, -0.25) is 14.6 Å². The van der Waals surface area contributed by atoms with E-state index >= 15 is 0 Å². The molecule has 0 aliphatic rings. The first-order valence-corrected chi connectivity index (χ1v) is 7.98. The van der Waals surface area contributed by atoms with E-state index in [0.717, 1.165) is 0 Å². The predicted molar refractivity (Wildman–Crippen MR) is 91.2 cm³/mol. The molecule has 0 aromatic carbocycles. The van der Waals surface area contributed by atoms with E-state index in [2.05, 4.69) is 20.6 Å². The summed E-state index contributed by atoms with van der Waals surface area (Å²) in [6, 6.07) is -1.32. The molecular formula is C15H25BN4O5. The monoisotopic (exact) mass is 352 g/mol. The zero-order valence-electron chi connectivity index (χ0n) is 14.8. The summed E-state index contributed by atoms with van der Waals surface area (Å²) in [6.07, 6.45) is 4.28. The van der Waals surface area contributed by atoms with Crippen LogP contribution < -0.4 is 10.6 Å². The summed E-state index contributed by atoms with van der Waals surface area (Å²) in [4.78, 5) is 32.3. The molecule has 0 unspecified atom stereocenters. The van der Waals surface area contributed by atoms with Crippen molar-refractivity contribution in [2.24, 2.45) is 5.92 Å². The Morgan fingerprint density at radius 2 is 1.88 bits per heavy atom. The van der Waals surface area contributed by atoms with Gasteiger partial charge in [0.25, 0.3) is 5.91 Å². The Balaban J connectivity index is 2.91. The minimum Gasteiger partial charge on any atom is -0.426 e. The number of hydrogen-bond acceptors (Lipinski definition) is 7. The SMILES string of the molecule is CC(C)C[C@H](NC(=O)[C@@H](NC(=O)c1cnccn1)C(C)(C)O)B(O)O. The van der Waals surface area contributed by atoms with Gasteiger partial charge in [-0.25, -0.2) is 4.98 Å². The lowest BCUT2D eigenvalue weighted by molar-refractivity contribution is -0.128. The molecule has 0 spiro atoms. The molecule has 2 atom stereocenters. The fourth-order valence-corrected chi connectivity index (χ4v) is 2.21. The molecule has 0 aliphatic heterocycles. The number of aliphatic hydroxyl groups is 1. The highest BCUT2D eigenvalue weighted by Crippen LogP contribution is 2.12. The maximum Gasteiger partial charge on any atom is 0.475 e. The smallest absolute Gasteiger partial charge is 0.426 e. The number of carbonyl (C=O) groups excluding carboxylic acids is 2. The third kappa shape index (κ3) is 6.77. The van der Waals surface area contributed by atoms with E-state index < -0.39 is 36.5 Å². The van der Waals surface area contributed by atoms with Crippen LogP contribution in [0.4, 0.5) is 0 Å². The zero-order valence-corrected chi connectivity index (χ0v) is 14.8. The van der Waals surface area contributed by atoms with Gasteiger partial charge in [-0.2, -0.15) is 0 Å². The van der Waals surface area contributed by atoms with Crippen molar-refractivity contribution in [3.63, 3.8) is 0 Å². The van der Waals surface area contributed by atoms with Gasteiger partial charge >= 0.3 is 7.12 Å². The average Bonchev–Trinajstić information content (AvgIpc) is 2.50. The van der Waals surface area contributed by atoms with Crippen LogP contribution in [0.15, 0.2) is 18.6 Å². The van der Waals surface area contributed by atoms with Crippen LogP contribution in [0.3, 0.4) is 0 Å². The van der Waals surface area contributed by atoms with Gasteiger partial charge in [-0.1, -0.05) is 13.8 Å². The largest absolute Gasteiger partial charge is 0.475 e. The number of aromatic nitrogens is 2. The number of rotatable bonds is 8. The van der Waals surface area contributed by atoms with E-state index in [1.165, 1.54) is 32.4 Å². The van der Waals surface area contributed by atoms with Crippen molar-refractivity contribution < 1.29 is 24.7 Å². The van der Waals surface area contributed by atoms with Crippen molar-refractivity contribution in [1.82, 2.24) is 20.6 Å². The maximum absolute atomic E-state index is 12.5. The molecule has 25 heavy (non-hydrogen) atoms. The molecule has 9 nitrogen and oxygen atoms in total. The fourth-order valence-electron chi connectivity index (χ4n) is 2.21. The summed E-state index contributed by atoms with van der Waals surface area (Å²) in [5, 5.41) is 34.0. The normalized spacial score (nSPS) is 13.9. The van der Waals surface area contributed by atoms with Gasteiger partial charge in [-0.05, 0) is 26.2 Å². The molecule has 0 aliphatic carbocycles. The molecular weight excluding hydrogens is 327 g/mol. The number of carbonyl (C=O) groups is 2. The summed E-state index contributed by atoms with van der Waals surface area (Å²) in [5.74, 6) is -2.24. The van der Waals surface area contributed by atoms with Crippen LogP contribution in [0.1, 0.15) is 44.6 Å². The third-order valence-electron chi connectivity index (χ3n) is 3.45. The minimum atomic E-state index is -1.76. The van der Waals surface area contributed by atoms with E-state index in [-0.39, 0.29) is 11.6 Å². The van der Waals surface area contributed by atoms with E-state index in [4.69, 9.17) is 0 Å². The summed E-state index contributed by atoms with van der Waals surface area (Å²) in [5.41, 5.74) is -1.60. The fraction of sp³-hybridized carbons (Fsp3) is 0.600. The topological polar surface area (TPSA) is 145 Å². The lowest BCUT2D eigenvalue weighted by Gasteiger charge is -2.31. The molecule has 0 saturated carbocycles. The Morgan fingerprint density at radius 1 is 1.24 bits per heavy atom. The van der Waals surface area contributed by atoms with Crippen molar-refractivity contribution in [1.29, 1.82) is 0 Å². The molecule has 0 bridgehead atoms. The number of hydrogen-bond donors (Lipinski definition) is 5. The molecule has 10 heteroatoms. The van der Waals surface area contributed by atoms with Crippen molar-refractivity contribution in [2.75, 3.05) is 0 Å². The van der Waals surface area contributed by atoms with E-state index in [9.17, 15) is 24.7 Å². The van der Waals surface area contributed by atoms with Crippen LogP contribution in [-0.4, -0.2) is 61.6 Å². The van der Waals surface area contributed by atoms with Crippen LogP contribution in [0.5, 0.6) is 0 Å².